The Balaban J connectivity index is 1.69. The number of halogens is 1. The lowest BCUT2D eigenvalue weighted by Crippen LogP contribution is -2.35. The highest BCUT2D eigenvalue weighted by Gasteiger charge is 2.45. The SMILES string of the molecule is Cc1cc(/C(O)=C2/C(=O)C(=O)N(CCN(C)C)C2c2ccc(Cl)cc2)ccc1OCc1ccccc1. The minimum atomic E-state index is -0.712. The molecule has 3 aromatic carbocycles. The number of Topliss-reactive ketones (excluding diaryl/α,β-unsaturated/α-hetero) is 1. The predicted octanol–water partition coefficient (Wildman–Crippen LogP) is 5.21. The number of ketones is 1. The number of carbonyl (C=O) groups is 2. The number of aryl methyl sites for hydroxylation is 1. The summed E-state index contributed by atoms with van der Waals surface area (Å²) in [5.74, 6) is -0.861. The van der Waals surface area contributed by atoms with Crippen molar-refractivity contribution in [2.45, 2.75) is 19.6 Å². The highest BCUT2D eigenvalue weighted by Crippen LogP contribution is 2.40. The van der Waals surface area contributed by atoms with Crippen molar-refractivity contribution in [2.24, 2.45) is 0 Å². The quantitative estimate of drug-likeness (QED) is 0.259. The summed E-state index contributed by atoms with van der Waals surface area (Å²) in [4.78, 5) is 29.6. The average Bonchev–Trinajstić information content (AvgIpc) is 3.12. The number of amides is 1. The Labute approximate surface area is 216 Å². The second-order valence-electron chi connectivity index (χ2n) is 9.10. The molecule has 1 unspecified atom stereocenters. The first kappa shape index (κ1) is 25.5. The molecule has 1 aliphatic heterocycles. The topological polar surface area (TPSA) is 70.1 Å². The van der Waals surface area contributed by atoms with Gasteiger partial charge in [-0.1, -0.05) is 54.1 Å². The molecule has 1 fully saturated rings. The fraction of sp³-hybridized carbons (Fsp3) is 0.241. The Morgan fingerprint density at radius 3 is 2.36 bits per heavy atom. The molecule has 0 aromatic heterocycles. The van der Waals surface area contributed by atoms with Crippen LogP contribution in [0.3, 0.4) is 0 Å². The van der Waals surface area contributed by atoms with Crippen LogP contribution in [0, 0.1) is 6.92 Å². The lowest BCUT2D eigenvalue weighted by atomic mass is 9.95. The van der Waals surface area contributed by atoms with E-state index in [2.05, 4.69) is 0 Å². The van der Waals surface area contributed by atoms with Crippen LogP contribution in [0.4, 0.5) is 0 Å². The Bertz CT molecular complexity index is 1290. The van der Waals surface area contributed by atoms with Gasteiger partial charge in [0.1, 0.15) is 18.1 Å². The molecule has 0 saturated carbocycles. The molecule has 1 saturated heterocycles. The third-order valence-corrected chi connectivity index (χ3v) is 6.45. The van der Waals surface area contributed by atoms with Crippen LogP contribution in [-0.2, 0) is 16.2 Å². The molecule has 1 amide bonds. The van der Waals surface area contributed by atoms with E-state index in [9.17, 15) is 14.7 Å². The molecule has 0 aliphatic carbocycles. The molecule has 0 radical (unpaired) electrons. The van der Waals surface area contributed by atoms with Crippen LogP contribution in [0.1, 0.15) is 28.3 Å². The summed E-state index contributed by atoms with van der Waals surface area (Å²) in [7, 11) is 3.80. The fourth-order valence-corrected chi connectivity index (χ4v) is 4.39. The van der Waals surface area contributed by atoms with Gasteiger partial charge in [0.2, 0.25) is 0 Å². The largest absolute Gasteiger partial charge is 0.507 e. The first-order chi connectivity index (χ1) is 17.3. The van der Waals surface area contributed by atoms with E-state index in [4.69, 9.17) is 16.3 Å². The number of likely N-dealkylation sites (tertiary alicyclic amines) is 1. The summed E-state index contributed by atoms with van der Waals surface area (Å²) >= 11 is 6.08. The summed E-state index contributed by atoms with van der Waals surface area (Å²) < 4.78 is 5.95. The van der Waals surface area contributed by atoms with Crippen LogP contribution in [-0.4, -0.2) is 53.8 Å². The van der Waals surface area contributed by atoms with Crippen molar-refractivity contribution >= 4 is 29.1 Å². The number of hydrogen-bond acceptors (Lipinski definition) is 5. The minimum Gasteiger partial charge on any atom is -0.507 e. The van der Waals surface area contributed by atoms with Crippen molar-refractivity contribution < 1.29 is 19.4 Å². The van der Waals surface area contributed by atoms with E-state index in [-0.39, 0.29) is 11.3 Å². The van der Waals surface area contributed by atoms with E-state index in [1.807, 2.05) is 56.3 Å². The van der Waals surface area contributed by atoms with Gasteiger partial charge in [0, 0.05) is 23.7 Å². The van der Waals surface area contributed by atoms with Crippen molar-refractivity contribution in [3.63, 3.8) is 0 Å². The standard InChI is InChI=1S/C29H29ClN2O4/c1-19-17-22(11-14-24(19)36-18-20-7-5-4-6-8-20)27(33)25-26(21-9-12-23(30)13-10-21)32(16-15-31(2)3)29(35)28(25)34/h4-14,17,26,33H,15-16,18H2,1-3H3/b27-25-. The van der Waals surface area contributed by atoms with E-state index < -0.39 is 17.7 Å². The number of rotatable bonds is 8. The maximum atomic E-state index is 13.2. The lowest BCUT2D eigenvalue weighted by molar-refractivity contribution is -0.140. The molecule has 36 heavy (non-hydrogen) atoms. The van der Waals surface area contributed by atoms with E-state index >= 15 is 0 Å². The van der Waals surface area contributed by atoms with Gasteiger partial charge in [-0.25, -0.2) is 0 Å². The molecule has 1 atom stereocenters. The van der Waals surface area contributed by atoms with Crippen LogP contribution >= 0.6 is 11.6 Å². The second kappa shape index (κ2) is 11.0. The maximum absolute atomic E-state index is 13.2. The Morgan fingerprint density at radius 1 is 1.03 bits per heavy atom. The molecule has 1 aliphatic rings. The molecular weight excluding hydrogens is 476 g/mol. The number of likely N-dealkylation sites (N-methyl/N-ethyl adjacent to an activating group) is 1. The third-order valence-electron chi connectivity index (χ3n) is 6.20. The van der Waals surface area contributed by atoms with Gasteiger partial charge < -0.3 is 19.6 Å². The van der Waals surface area contributed by atoms with Crippen LogP contribution < -0.4 is 4.74 Å². The number of aliphatic hydroxyl groups is 1. The third kappa shape index (κ3) is 5.45. The molecule has 7 heteroatoms. The van der Waals surface area contributed by atoms with Crippen molar-refractivity contribution in [1.29, 1.82) is 0 Å². The molecule has 0 spiro atoms. The molecule has 186 valence electrons. The van der Waals surface area contributed by atoms with Crippen molar-refractivity contribution in [1.82, 2.24) is 9.80 Å². The Hall–Kier alpha value is -3.61. The van der Waals surface area contributed by atoms with Crippen LogP contribution in [0.25, 0.3) is 5.76 Å². The number of ether oxygens (including phenoxy) is 1. The first-order valence-corrected chi connectivity index (χ1v) is 12.1. The van der Waals surface area contributed by atoms with Gasteiger partial charge in [0.25, 0.3) is 11.7 Å². The van der Waals surface area contributed by atoms with Gasteiger partial charge in [-0.3, -0.25) is 9.59 Å². The molecule has 0 bridgehead atoms. The maximum Gasteiger partial charge on any atom is 0.295 e. The summed E-state index contributed by atoms with van der Waals surface area (Å²) in [6.45, 7) is 3.21. The predicted molar refractivity (Wildman–Crippen MR) is 141 cm³/mol. The van der Waals surface area contributed by atoms with E-state index in [0.29, 0.717) is 41.6 Å². The number of carbonyl (C=O) groups excluding carboxylic acids is 2. The normalized spacial score (nSPS) is 17.1. The molecule has 4 rings (SSSR count). The summed E-state index contributed by atoms with van der Waals surface area (Å²) in [5.41, 5.74) is 3.07. The van der Waals surface area contributed by atoms with Gasteiger partial charge in [0.15, 0.2) is 0 Å². The van der Waals surface area contributed by atoms with Crippen LogP contribution in [0.2, 0.25) is 5.02 Å². The molecule has 1 N–H and O–H groups in total. The number of benzene rings is 3. The van der Waals surface area contributed by atoms with Crippen molar-refractivity contribution in [3.05, 3.63) is 106 Å². The summed E-state index contributed by atoms with van der Waals surface area (Å²) in [6, 6.07) is 21.4. The molecule has 1 heterocycles. The molecular formula is C29H29ClN2O4. The van der Waals surface area contributed by atoms with Gasteiger partial charge in [-0.15, -0.1) is 0 Å². The van der Waals surface area contributed by atoms with Crippen molar-refractivity contribution in [3.8, 4) is 5.75 Å². The van der Waals surface area contributed by atoms with E-state index in [0.717, 1.165) is 11.1 Å². The van der Waals surface area contributed by atoms with Gasteiger partial charge in [-0.05, 0) is 68.0 Å². The van der Waals surface area contributed by atoms with Gasteiger partial charge in [0.05, 0.1) is 11.6 Å². The number of aliphatic hydroxyl groups excluding tert-OH is 1. The van der Waals surface area contributed by atoms with E-state index in [1.165, 1.54) is 4.90 Å². The second-order valence-corrected chi connectivity index (χ2v) is 9.54. The smallest absolute Gasteiger partial charge is 0.295 e. The summed E-state index contributed by atoms with van der Waals surface area (Å²) in [6.07, 6.45) is 0. The van der Waals surface area contributed by atoms with Crippen LogP contribution in [0.15, 0.2) is 78.4 Å². The van der Waals surface area contributed by atoms with Crippen LogP contribution in [0.5, 0.6) is 5.75 Å². The zero-order chi connectivity index (χ0) is 25.8. The van der Waals surface area contributed by atoms with Gasteiger partial charge >= 0.3 is 0 Å². The average molecular weight is 505 g/mol. The summed E-state index contributed by atoms with van der Waals surface area (Å²) in [5, 5.41) is 11.9. The molecule has 3 aromatic rings. The zero-order valence-electron chi connectivity index (χ0n) is 20.6. The Morgan fingerprint density at radius 2 is 1.72 bits per heavy atom. The highest BCUT2D eigenvalue weighted by molar-refractivity contribution is 6.46. The highest BCUT2D eigenvalue weighted by atomic mass is 35.5. The minimum absolute atomic E-state index is 0.0680. The van der Waals surface area contributed by atoms with Crippen molar-refractivity contribution in [2.75, 3.05) is 27.2 Å². The van der Waals surface area contributed by atoms with Gasteiger partial charge in [-0.2, -0.15) is 0 Å². The van der Waals surface area contributed by atoms with E-state index in [1.54, 1.807) is 42.5 Å². The zero-order valence-corrected chi connectivity index (χ0v) is 21.3. The molecule has 6 nitrogen and oxygen atoms in total. The number of hydrogen-bond donors (Lipinski definition) is 1. The number of nitrogens with zero attached hydrogens (tertiary/aromatic N) is 2. The Kier molecular flexibility index (Phi) is 7.77. The first-order valence-electron chi connectivity index (χ1n) is 11.7. The fourth-order valence-electron chi connectivity index (χ4n) is 4.26. The lowest BCUT2D eigenvalue weighted by Gasteiger charge is -2.26. The monoisotopic (exact) mass is 504 g/mol.